The van der Waals surface area contributed by atoms with Crippen LogP contribution in [0.15, 0.2) is 66.9 Å². The molecule has 0 fully saturated rings. The SMILES string of the molecule is COC(=O)c1cnc(N)c(C=CCCNC(=O)OCC2c3ccccc3-c3ccccc32)c1. The van der Waals surface area contributed by atoms with Crippen LogP contribution in [0.25, 0.3) is 17.2 Å². The number of amides is 1. The van der Waals surface area contributed by atoms with E-state index in [1.54, 1.807) is 12.1 Å². The van der Waals surface area contributed by atoms with E-state index in [1.807, 2.05) is 30.3 Å². The molecule has 2 aromatic carbocycles. The highest BCUT2D eigenvalue weighted by Crippen LogP contribution is 2.44. The first kappa shape index (κ1) is 22.1. The molecule has 33 heavy (non-hydrogen) atoms. The highest BCUT2D eigenvalue weighted by atomic mass is 16.5. The Labute approximate surface area is 192 Å². The van der Waals surface area contributed by atoms with Crippen LogP contribution < -0.4 is 11.1 Å². The number of methoxy groups -OCH3 is 1. The first-order valence-electron chi connectivity index (χ1n) is 10.7. The van der Waals surface area contributed by atoms with Crippen molar-refractivity contribution >= 4 is 24.0 Å². The first-order valence-corrected chi connectivity index (χ1v) is 10.7. The fourth-order valence-corrected chi connectivity index (χ4v) is 3.97. The zero-order valence-electron chi connectivity index (χ0n) is 18.3. The van der Waals surface area contributed by atoms with Gasteiger partial charge in [0.05, 0.1) is 12.7 Å². The summed E-state index contributed by atoms with van der Waals surface area (Å²) in [7, 11) is 1.31. The molecular weight excluding hydrogens is 418 g/mol. The molecule has 1 aromatic heterocycles. The van der Waals surface area contributed by atoms with Crippen LogP contribution in [0.3, 0.4) is 0 Å². The molecule has 7 nitrogen and oxygen atoms in total. The molecule has 0 spiro atoms. The summed E-state index contributed by atoms with van der Waals surface area (Å²) in [5.74, 6) is -0.141. The van der Waals surface area contributed by atoms with E-state index in [1.165, 1.54) is 35.6 Å². The van der Waals surface area contributed by atoms with Crippen molar-refractivity contribution in [3.63, 3.8) is 0 Å². The van der Waals surface area contributed by atoms with E-state index in [0.717, 1.165) is 0 Å². The predicted molar refractivity (Wildman–Crippen MR) is 127 cm³/mol. The zero-order valence-corrected chi connectivity index (χ0v) is 18.3. The number of alkyl carbamates (subject to hydrolysis) is 1. The maximum atomic E-state index is 12.2. The van der Waals surface area contributed by atoms with Crippen molar-refractivity contribution in [1.82, 2.24) is 10.3 Å². The van der Waals surface area contributed by atoms with Gasteiger partial charge < -0.3 is 20.5 Å². The van der Waals surface area contributed by atoms with Crippen LogP contribution in [0.2, 0.25) is 0 Å². The first-order chi connectivity index (χ1) is 16.1. The van der Waals surface area contributed by atoms with Crippen LogP contribution in [0.5, 0.6) is 0 Å². The Balaban J connectivity index is 1.28. The van der Waals surface area contributed by atoms with E-state index >= 15 is 0 Å². The van der Waals surface area contributed by atoms with Gasteiger partial charge in [-0.1, -0.05) is 60.7 Å². The van der Waals surface area contributed by atoms with E-state index in [4.69, 9.17) is 15.2 Å². The number of rotatable bonds is 7. The molecule has 0 saturated heterocycles. The summed E-state index contributed by atoms with van der Waals surface area (Å²) in [5.41, 5.74) is 11.5. The van der Waals surface area contributed by atoms with Crippen LogP contribution in [0.4, 0.5) is 10.6 Å². The summed E-state index contributed by atoms with van der Waals surface area (Å²) in [4.78, 5) is 27.9. The zero-order chi connectivity index (χ0) is 23.2. The summed E-state index contributed by atoms with van der Waals surface area (Å²) in [6, 6.07) is 18.0. The molecule has 1 amide bonds. The third-order valence-corrected chi connectivity index (χ3v) is 5.59. The number of nitrogens with one attached hydrogen (secondary N) is 1. The Morgan fingerprint density at radius 1 is 1.09 bits per heavy atom. The van der Waals surface area contributed by atoms with Gasteiger partial charge in [-0.15, -0.1) is 0 Å². The van der Waals surface area contributed by atoms with Crippen LogP contribution in [-0.2, 0) is 9.47 Å². The normalized spacial score (nSPS) is 12.3. The topological polar surface area (TPSA) is 104 Å². The van der Waals surface area contributed by atoms with Gasteiger partial charge in [0.1, 0.15) is 12.4 Å². The molecule has 3 N–H and O–H groups in total. The number of pyridine rings is 1. The van der Waals surface area contributed by atoms with Crippen molar-refractivity contribution in [3.8, 4) is 11.1 Å². The third kappa shape index (κ3) is 4.87. The van der Waals surface area contributed by atoms with E-state index < -0.39 is 12.1 Å². The van der Waals surface area contributed by atoms with Crippen molar-refractivity contribution < 1.29 is 19.1 Å². The second-order valence-electron chi connectivity index (χ2n) is 7.63. The second kappa shape index (κ2) is 9.99. The number of carbonyl (C=O) groups excluding carboxylic acids is 2. The van der Waals surface area contributed by atoms with E-state index in [0.29, 0.717) is 29.9 Å². The van der Waals surface area contributed by atoms with Crippen LogP contribution in [0, 0.1) is 0 Å². The van der Waals surface area contributed by atoms with Crippen LogP contribution in [-0.4, -0.2) is 37.3 Å². The Morgan fingerprint density at radius 2 is 1.76 bits per heavy atom. The minimum Gasteiger partial charge on any atom is -0.465 e. The molecule has 0 bridgehead atoms. The lowest BCUT2D eigenvalue weighted by Gasteiger charge is -2.14. The number of benzene rings is 2. The summed E-state index contributed by atoms with van der Waals surface area (Å²) in [6.07, 6.45) is 5.08. The van der Waals surface area contributed by atoms with Crippen LogP contribution in [0.1, 0.15) is 39.4 Å². The Hall–Kier alpha value is -4.13. The molecule has 0 aliphatic heterocycles. The molecule has 1 aliphatic rings. The maximum absolute atomic E-state index is 12.2. The number of esters is 1. The van der Waals surface area contributed by atoms with Crippen molar-refractivity contribution in [3.05, 3.63) is 89.1 Å². The summed E-state index contributed by atoms with van der Waals surface area (Å²) < 4.78 is 10.2. The largest absolute Gasteiger partial charge is 0.465 e. The molecule has 1 aliphatic carbocycles. The minimum atomic E-state index is -0.478. The monoisotopic (exact) mass is 443 g/mol. The van der Waals surface area contributed by atoms with Gasteiger partial charge in [0.2, 0.25) is 0 Å². The second-order valence-corrected chi connectivity index (χ2v) is 7.63. The predicted octanol–water partition coefficient (Wildman–Crippen LogP) is 4.39. The molecule has 168 valence electrons. The lowest BCUT2D eigenvalue weighted by Crippen LogP contribution is -2.26. The van der Waals surface area contributed by atoms with Crippen molar-refractivity contribution in [2.45, 2.75) is 12.3 Å². The Kier molecular flexibility index (Phi) is 6.69. The standard InChI is InChI=1S/C26H25N3O4/c1-32-25(30)18-14-17(24(27)29-15-18)8-6-7-13-28-26(31)33-16-23-21-11-4-2-9-19(21)20-10-3-5-12-22(20)23/h2-6,8-12,14-15,23H,7,13,16H2,1H3,(H2,27,29)(H,28,31). The molecule has 4 rings (SSSR count). The van der Waals surface area contributed by atoms with E-state index in [2.05, 4.69) is 34.6 Å². The summed E-state index contributed by atoms with van der Waals surface area (Å²) >= 11 is 0. The van der Waals surface area contributed by atoms with E-state index in [9.17, 15) is 9.59 Å². The Bertz CT molecular complexity index is 1160. The molecule has 0 radical (unpaired) electrons. The summed E-state index contributed by atoms with van der Waals surface area (Å²) in [6.45, 7) is 0.676. The third-order valence-electron chi connectivity index (χ3n) is 5.59. The lowest BCUT2D eigenvalue weighted by atomic mass is 9.98. The number of carbonyl (C=O) groups is 2. The van der Waals surface area contributed by atoms with Crippen molar-refractivity contribution in [1.29, 1.82) is 0 Å². The van der Waals surface area contributed by atoms with Crippen molar-refractivity contribution in [2.75, 3.05) is 26.0 Å². The highest BCUT2D eigenvalue weighted by Gasteiger charge is 2.28. The van der Waals surface area contributed by atoms with Gasteiger partial charge in [-0.3, -0.25) is 0 Å². The fraction of sp³-hybridized carbons (Fsp3) is 0.192. The fourth-order valence-electron chi connectivity index (χ4n) is 3.97. The van der Waals surface area contributed by atoms with Gasteiger partial charge in [0.25, 0.3) is 0 Å². The number of nitrogen functional groups attached to an aromatic ring is 1. The minimum absolute atomic E-state index is 0.0283. The average molecular weight is 444 g/mol. The quantitative estimate of drug-likeness (QED) is 0.415. The van der Waals surface area contributed by atoms with Gasteiger partial charge in [-0.25, -0.2) is 14.6 Å². The summed E-state index contributed by atoms with van der Waals surface area (Å²) in [5, 5.41) is 2.76. The molecule has 1 heterocycles. The molecular formula is C26H25N3O4. The van der Waals surface area contributed by atoms with Gasteiger partial charge in [-0.05, 0) is 34.7 Å². The molecule has 3 aromatic rings. The number of hydrogen-bond acceptors (Lipinski definition) is 6. The lowest BCUT2D eigenvalue weighted by molar-refractivity contribution is 0.0600. The Morgan fingerprint density at radius 3 is 2.42 bits per heavy atom. The number of aromatic nitrogens is 1. The number of anilines is 1. The molecule has 7 heteroatoms. The van der Waals surface area contributed by atoms with Crippen LogP contribution >= 0.6 is 0 Å². The van der Waals surface area contributed by atoms with Gasteiger partial charge in [0, 0.05) is 24.2 Å². The van der Waals surface area contributed by atoms with Gasteiger partial charge in [0.15, 0.2) is 0 Å². The molecule has 0 unspecified atom stereocenters. The average Bonchev–Trinajstić information content (AvgIpc) is 3.16. The van der Waals surface area contributed by atoms with Gasteiger partial charge in [-0.2, -0.15) is 0 Å². The number of nitrogens with two attached hydrogens (primary N) is 1. The number of fused-ring (bicyclic) bond motifs is 3. The smallest absolute Gasteiger partial charge is 0.407 e. The number of nitrogens with zero attached hydrogens (tertiary/aromatic N) is 1. The molecule has 0 saturated carbocycles. The molecule has 0 atom stereocenters. The maximum Gasteiger partial charge on any atom is 0.407 e. The number of ether oxygens (including phenoxy) is 2. The van der Waals surface area contributed by atoms with E-state index in [-0.39, 0.29) is 12.5 Å². The van der Waals surface area contributed by atoms with Gasteiger partial charge >= 0.3 is 12.1 Å². The highest BCUT2D eigenvalue weighted by molar-refractivity contribution is 5.90. The number of hydrogen-bond donors (Lipinski definition) is 2. The van der Waals surface area contributed by atoms with Crippen molar-refractivity contribution in [2.24, 2.45) is 0 Å².